The predicted molar refractivity (Wildman–Crippen MR) is 77.5 cm³/mol. The molecule has 2 bridgehead atoms. The van der Waals surface area contributed by atoms with Gasteiger partial charge < -0.3 is 15.0 Å². The van der Waals surface area contributed by atoms with Crippen molar-refractivity contribution in [2.75, 3.05) is 14.2 Å². The molecule has 1 aromatic rings. The van der Waals surface area contributed by atoms with E-state index in [0.717, 1.165) is 24.2 Å². The molecule has 0 aliphatic carbocycles. The van der Waals surface area contributed by atoms with E-state index in [0.29, 0.717) is 18.6 Å². The van der Waals surface area contributed by atoms with Crippen LogP contribution >= 0.6 is 0 Å². The topological polar surface area (TPSA) is 41.6 Å². The largest absolute Gasteiger partial charge is 0.497 e. The van der Waals surface area contributed by atoms with Gasteiger partial charge >= 0.3 is 0 Å². The molecule has 3 atom stereocenters. The maximum absolute atomic E-state index is 12.5. The number of hydrogen-bond donors (Lipinski definition) is 1. The maximum Gasteiger partial charge on any atom is 0.227 e. The number of carbonyl (C=O) groups excluding carboxylic acids is 1. The number of hydrogen-bond acceptors (Lipinski definition) is 3. The van der Waals surface area contributed by atoms with Crippen molar-refractivity contribution < 1.29 is 9.53 Å². The van der Waals surface area contributed by atoms with Crippen LogP contribution in [0.2, 0.25) is 0 Å². The van der Waals surface area contributed by atoms with Crippen LogP contribution in [0.1, 0.15) is 24.8 Å². The fourth-order valence-electron chi connectivity index (χ4n) is 3.46. The highest BCUT2D eigenvalue weighted by Crippen LogP contribution is 2.34. The summed E-state index contributed by atoms with van der Waals surface area (Å²) in [7, 11) is 3.56. The van der Waals surface area contributed by atoms with Crippen molar-refractivity contribution >= 4 is 5.91 Å². The monoisotopic (exact) mass is 274 g/mol. The molecular weight excluding hydrogens is 252 g/mol. The number of amides is 1. The Labute approximate surface area is 120 Å². The standard InChI is InChI=1S/C16H22N2O2/c1-18(10-11-3-6-13(20-2)7-4-11)16(19)14-9-12-5-8-15(14)17-12/h3-4,6-7,12,14-15,17H,5,8-10H2,1-2H3. The van der Waals surface area contributed by atoms with Gasteiger partial charge in [-0.2, -0.15) is 0 Å². The van der Waals surface area contributed by atoms with Crippen molar-refractivity contribution in [3.63, 3.8) is 0 Å². The van der Waals surface area contributed by atoms with Gasteiger partial charge in [-0.05, 0) is 37.0 Å². The van der Waals surface area contributed by atoms with E-state index in [9.17, 15) is 4.79 Å². The van der Waals surface area contributed by atoms with Crippen molar-refractivity contribution in [2.45, 2.75) is 37.9 Å². The molecule has 3 rings (SSSR count). The lowest BCUT2D eigenvalue weighted by Gasteiger charge is -2.25. The van der Waals surface area contributed by atoms with Gasteiger partial charge in [-0.25, -0.2) is 0 Å². The fraction of sp³-hybridized carbons (Fsp3) is 0.562. The smallest absolute Gasteiger partial charge is 0.227 e. The number of nitrogens with zero attached hydrogens (tertiary/aromatic N) is 1. The first kappa shape index (κ1) is 13.4. The number of methoxy groups -OCH3 is 1. The summed E-state index contributed by atoms with van der Waals surface area (Å²) in [6.07, 6.45) is 3.39. The zero-order chi connectivity index (χ0) is 14.1. The van der Waals surface area contributed by atoms with Gasteiger partial charge in [-0.15, -0.1) is 0 Å². The minimum absolute atomic E-state index is 0.178. The van der Waals surface area contributed by atoms with Crippen molar-refractivity contribution in [3.8, 4) is 5.75 Å². The Kier molecular flexibility index (Phi) is 3.66. The molecule has 108 valence electrons. The Morgan fingerprint density at radius 1 is 1.35 bits per heavy atom. The fourth-order valence-corrected chi connectivity index (χ4v) is 3.46. The van der Waals surface area contributed by atoms with Crippen LogP contribution in [-0.4, -0.2) is 37.0 Å². The van der Waals surface area contributed by atoms with Crippen LogP contribution in [0.5, 0.6) is 5.75 Å². The van der Waals surface area contributed by atoms with E-state index >= 15 is 0 Å². The lowest BCUT2D eigenvalue weighted by Crippen LogP contribution is -2.38. The Bertz CT molecular complexity index is 486. The lowest BCUT2D eigenvalue weighted by atomic mass is 9.88. The molecule has 0 aromatic heterocycles. The summed E-state index contributed by atoms with van der Waals surface area (Å²) < 4.78 is 5.15. The van der Waals surface area contributed by atoms with Gasteiger partial charge in [0.1, 0.15) is 5.75 Å². The van der Waals surface area contributed by atoms with Crippen LogP contribution < -0.4 is 10.1 Å². The van der Waals surface area contributed by atoms with E-state index in [4.69, 9.17) is 4.74 Å². The molecular formula is C16H22N2O2. The van der Waals surface area contributed by atoms with Gasteiger partial charge in [-0.1, -0.05) is 12.1 Å². The number of rotatable bonds is 4. The number of fused-ring (bicyclic) bond motifs is 2. The van der Waals surface area contributed by atoms with Crippen LogP contribution in [0.4, 0.5) is 0 Å². The Hall–Kier alpha value is -1.55. The van der Waals surface area contributed by atoms with Gasteiger partial charge in [0, 0.05) is 25.7 Å². The molecule has 0 saturated carbocycles. The first-order valence-electron chi connectivity index (χ1n) is 7.31. The van der Waals surface area contributed by atoms with Crippen molar-refractivity contribution in [1.82, 2.24) is 10.2 Å². The van der Waals surface area contributed by atoms with Gasteiger partial charge in [0.25, 0.3) is 0 Å². The van der Waals surface area contributed by atoms with E-state index in [1.54, 1.807) is 7.11 Å². The van der Waals surface area contributed by atoms with Crippen molar-refractivity contribution in [3.05, 3.63) is 29.8 Å². The molecule has 2 fully saturated rings. The zero-order valence-electron chi connectivity index (χ0n) is 12.1. The highest BCUT2D eigenvalue weighted by atomic mass is 16.5. The summed E-state index contributed by atoms with van der Waals surface area (Å²) in [5, 5.41) is 3.53. The summed E-state index contributed by atoms with van der Waals surface area (Å²) in [5.74, 6) is 1.30. The van der Waals surface area contributed by atoms with Crippen LogP contribution in [-0.2, 0) is 11.3 Å². The minimum atomic E-state index is 0.178. The van der Waals surface area contributed by atoms with Crippen LogP contribution in [0, 0.1) is 5.92 Å². The second-order valence-corrected chi connectivity index (χ2v) is 5.93. The number of ether oxygens (including phenoxy) is 1. The normalized spacial score (nSPS) is 27.6. The highest BCUT2D eigenvalue weighted by Gasteiger charge is 2.43. The number of benzene rings is 1. The van der Waals surface area contributed by atoms with E-state index in [1.807, 2.05) is 36.2 Å². The molecule has 2 saturated heterocycles. The molecule has 2 aliphatic rings. The summed E-state index contributed by atoms with van der Waals surface area (Å²) in [5.41, 5.74) is 1.14. The molecule has 1 N–H and O–H groups in total. The minimum Gasteiger partial charge on any atom is -0.497 e. The van der Waals surface area contributed by atoms with Gasteiger partial charge in [0.2, 0.25) is 5.91 Å². The first-order chi connectivity index (χ1) is 9.67. The Balaban J connectivity index is 1.60. The van der Waals surface area contributed by atoms with E-state index in [-0.39, 0.29) is 11.8 Å². The maximum atomic E-state index is 12.5. The van der Waals surface area contributed by atoms with Gasteiger partial charge in [0.05, 0.1) is 13.0 Å². The third-order valence-corrected chi connectivity index (χ3v) is 4.57. The van der Waals surface area contributed by atoms with Crippen molar-refractivity contribution in [2.24, 2.45) is 5.92 Å². The molecule has 3 unspecified atom stereocenters. The Morgan fingerprint density at radius 2 is 2.10 bits per heavy atom. The van der Waals surface area contributed by atoms with E-state index in [1.165, 1.54) is 6.42 Å². The lowest BCUT2D eigenvalue weighted by molar-refractivity contribution is -0.135. The molecule has 4 heteroatoms. The second kappa shape index (κ2) is 5.44. The van der Waals surface area contributed by atoms with E-state index in [2.05, 4.69) is 5.32 Å². The van der Waals surface area contributed by atoms with Gasteiger partial charge in [-0.3, -0.25) is 4.79 Å². The van der Waals surface area contributed by atoms with Crippen LogP contribution in [0.3, 0.4) is 0 Å². The molecule has 1 aromatic carbocycles. The molecule has 20 heavy (non-hydrogen) atoms. The highest BCUT2D eigenvalue weighted by molar-refractivity contribution is 5.80. The average molecular weight is 274 g/mol. The molecule has 4 nitrogen and oxygen atoms in total. The SMILES string of the molecule is COc1ccc(CN(C)C(=O)C2CC3CCC2N3)cc1. The average Bonchev–Trinajstić information content (AvgIpc) is 3.10. The predicted octanol–water partition coefficient (Wildman–Crippen LogP) is 1.79. The van der Waals surface area contributed by atoms with Gasteiger partial charge in [0.15, 0.2) is 0 Å². The quantitative estimate of drug-likeness (QED) is 0.910. The number of carbonyl (C=O) groups is 1. The van der Waals surface area contributed by atoms with Crippen LogP contribution in [0.15, 0.2) is 24.3 Å². The molecule has 0 spiro atoms. The Morgan fingerprint density at radius 3 is 2.65 bits per heavy atom. The summed E-state index contributed by atoms with van der Waals surface area (Å²) in [6, 6.07) is 8.89. The first-order valence-corrected chi connectivity index (χ1v) is 7.31. The van der Waals surface area contributed by atoms with E-state index < -0.39 is 0 Å². The van der Waals surface area contributed by atoms with Crippen molar-refractivity contribution in [1.29, 1.82) is 0 Å². The molecule has 2 aliphatic heterocycles. The summed E-state index contributed by atoms with van der Waals surface area (Å²) >= 11 is 0. The molecule has 2 heterocycles. The third-order valence-electron chi connectivity index (χ3n) is 4.57. The molecule has 0 radical (unpaired) electrons. The van der Waals surface area contributed by atoms with Crippen LogP contribution in [0.25, 0.3) is 0 Å². The summed E-state index contributed by atoms with van der Waals surface area (Å²) in [4.78, 5) is 14.4. The zero-order valence-corrected chi connectivity index (χ0v) is 12.1. The second-order valence-electron chi connectivity index (χ2n) is 5.93. The third kappa shape index (κ3) is 2.52. The molecule has 1 amide bonds. The number of nitrogens with one attached hydrogen (secondary N) is 1. The summed E-state index contributed by atoms with van der Waals surface area (Å²) in [6.45, 7) is 0.663.